The van der Waals surface area contributed by atoms with E-state index in [1.54, 1.807) is 60.7 Å². The normalized spacial score (nSPS) is 12.8. The van der Waals surface area contributed by atoms with Gasteiger partial charge in [-0.2, -0.15) is 0 Å². The fraction of sp³-hybridized carbons (Fsp3) is 0.0588. The summed E-state index contributed by atoms with van der Waals surface area (Å²) in [5, 5.41) is 40.6. The molecule has 0 aliphatic heterocycles. The molecule has 6 rings (SSSR count). The van der Waals surface area contributed by atoms with Crippen molar-refractivity contribution in [1.29, 1.82) is 0 Å². The second-order valence-electron chi connectivity index (χ2n) is 9.55. The minimum atomic E-state index is -0.879. The number of hydrogen-bond donors (Lipinski definition) is 4. The van der Waals surface area contributed by atoms with Gasteiger partial charge in [0.2, 0.25) is 0 Å². The molecule has 4 nitrogen and oxygen atoms in total. The van der Waals surface area contributed by atoms with Crippen LogP contribution in [0.5, 0.6) is 23.0 Å². The molecule has 0 spiro atoms. The minimum Gasteiger partial charge on any atom is -0.508 e. The highest BCUT2D eigenvalue weighted by molar-refractivity contribution is 5.89. The third kappa shape index (κ3) is 3.56. The molecular weight excluding hydrogens is 472 g/mol. The Balaban J connectivity index is 1.75. The quantitative estimate of drug-likeness (QED) is 0.204. The minimum absolute atomic E-state index is 0.145. The van der Waals surface area contributed by atoms with Crippen molar-refractivity contribution in [3.63, 3.8) is 0 Å². The van der Waals surface area contributed by atoms with Crippen LogP contribution in [-0.4, -0.2) is 20.4 Å². The van der Waals surface area contributed by atoms with Crippen molar-refractivity contribution >= 4 is 0 Å². The van der Waals surface area contributed by atoms with E-state index < -0.39 is 5.41 Å². The average Bonchev–Trinajstić information content (AvgIpc) is 3.20. The summed E-state index contributed by atoms with van der Waals surface area (Å²) in [5.41, 5.74) is 7.37. The van der Waals surface area contributed by atoms with Crippen LogP contribution in [0.1, 0.15) is 38.9 Å². The maximum atomic E-state index is 10.7. The Hall–Kier alpha value is -5.14. The van der Waals surface area contributed by atoms with E-state index in [0.29, 0.717) is 0 Å². The first-order chi connectivity index (χ1) is 18.4. The first-order valence-corrected chi connectivity index (χ1v) is 12.3. The van der Waals surface area contributed by atoms with Gasteiger partial charge >= 0.3 is 0 Å². The number of fused-ring (bicyclic) bond motifs is 3. The van der Waals surface area contributed by atoms with Crippen LogP contribution in [-0.2, 0) is 5.41 Å². The predicted octanol–water partition coefficient (Wildman–Crippen LogP) is 6.58. The van der Waals surface area contributed by atoms with Crippen LogP contribution in [0.2, 0.25) is 0 Å². The van der Waals surface area contributed by atoms with Crippen LogP contribution in [0.4, 0.5) is 0 Å². The van der Waals surface area contributed by atoms with Gasteiger partial charge in [0.25, 0.3) is 0 Å². The molecule has 184 valence electrons. The number of benzene rings is 5. The maximum absolute atomic E-state index is 10.7. The van der Waals surface area contributed by atoms with Crippen molar-refractivity contribution in [2.45, 2.75) is 12.3 Å². The van der Waals surface area contributed by atoms with Crippen LogP contribution in [0.15, 0.2) is 103 Å². The van der Waals surface area contributed by atoms with Gasteiger partial charge < -0.3 is 20.4 Å². The van der Waals surface area contributed by atoms with E-state index in [-0.39, 0.29) is 23.0 Å². The Morgan fingerprint density at radius 1 is 0.526 bits per heavy atom. The van der Waals surface area contributed by atoms with Crippen molar-refractivity contribution in [2.24, 2.45) is 0 Å². The molecule has 0 radical (unpaired) electrons. The predicted molar refractivity (Wildman–Crippen MR) is 148 cm³/mol. The highest BCUT2D eigenvalue weighted by Crippen LogP contribution is 2.58. The molecule has 0 unspecified atom stereocenters. The highest BCUT2D eigenvalue weighted by atomic mass is 16.3. The van der Waals surface area contributed by atoms with Gasteiger partial charge in [-0.25, -0.2) is 0 Å². The zero-order valence-corrected chi connectivity index (χ0v) is 20.6. The summed E-state index contributed by atoms with van der Waals surface area (Å²) in [5.74, 6) is 7.32. The molecule has 0 amide bonds. The fourth-order valence-corrected chi connectivity index (χ4v) is 5.56. The summed E-state index contributed by atoms with van der Waals surface area (Å²) in [6.07, 6.45) is 0. The summed E-state index contributed by atoms with van der Waals surface area (Å²) in [7, 11) is 0. The molecule has 1 aliphatic carbocycles. The molecule has 4 N–H and O–H groups in total. The van der Waals surface area contributed by atoms with E-state index in [1.807, 2.05) is 37.3 Å². The number of phenolic OH excluding ortho intramolecular Hbond substituents is 4. The Labute approximate surface area is 220 Å². The zero-order valence-electron chi connectivity index (χ0n) is 20.6. The van der Waals surface area contributed by atoms with Gasteiger partial charge in [-0.15, -0.1) is 0 Å². The molecule has 0 fully saturated rings. The van der Waals surface area contributed by atoms with Gasteiger partial charge in [0, 0.05) is 11.1 Å². The molecule has 0 bridgehead atoms. The second-order valence-corrected chi connectivity index (χ2v) is 9.55. The van der Waals surface area contributed by atoms with E-state index in [4.69, 9.17) is 0 Å². The van der Waals surface area contributed by atoms with Crippen molar-refractivity contribution in [3.8, 4) is 46.0 Å². The number of rotatable bonds is 2. The Kier molecular flexibility index (Phi) is 5.36. The molecule has 0 atom stereocenters. The molecule has 0 aromatic heterocycles. The smallest absolute Gasteiger partial charge is 0.115 e. The van der Waals surface area contributed by atoms with Crippen molar-refractivity contribution in [1.82, 2.24) is 0 Å². The number of aryl methyl sites for hydroxylation is 1. The van der Waals surface area contributed by atoms with Crippen molar-refractivity contribution < 1.29 is 20.4 Å². The molecule has 5 aromatic rings. The van der Waals surface area contributed by atoms with Gasteiger partial charge in [-0.3, -0.25) is 0 Å². The average molecular weight is 497 g/mol. The van der Waals surface area contributed by atoms with E-state index in [2.05, 4.69) is 24.0 Å². The van der Waals surface area contributed by atoms with E-state index in [9.17, 15) is 20.4 Å². The standard InChI is InChI=1S/C34H24O4/c1-21-2-17-31-30-19-16-28(38)20-32(30)34(23-6-12-26(36)13-7-23,24-8-14-27(37)15-9-24)33(31)29(21)18-5-22-3-10-25(35)11-4-22/h2-4,6-17,19-20,35-38H,1H3. The first kappa shape index (κ1) is 23.3. The third-order valence-electron chi connectivity index (χ3n) is 7.29. The van der Waals surface area contributed by atoms with Crippen LogP contribution in [0, 0.1) is 18.8 Å². The van der Waals surface area contributed by atoms with Gasteiger partial charge in [-0.1, -0.05) is 54.3 Å². The van der Waals surface area contributed by atoms with Gasteiger partial charge in [0.15, 0.2) is 0 Å². The second kappa shape index (κ2) is 8.76. The molecule has 0 heterocycles. The van der Waals surface area contributed by atoms with Crippen molar-refractivity contribution in [2.75, 3.05) is 0 Å². The van der Waals surface area contributed by atoms with E-state index >= 15 is 0 Å². The lowest BCUT2D eigenvalue weighted by Crippen LogP contribution is -2.29. The highest BCUT2D eigenvalue weighted by Gasteiger charge is 2.48. The topological polar surface area (TPSA) is 80.9 Å². The molecular formula is C34H24O4. The van der Waals surface area contributed by atoms with Gasteiger partial charge in [0.05, 0.1) is 5.41 Å². The summed E-state index contributed by atoms with van der Waals surface area (Å²) in [6, 6.07) is 30.6. The van der Waals surface area contributed by atoms with Crippen molar-refractivity contribution in [3.05, 3.63) is 142 Å². The van der Waals surface area contributed by atoms with Crippen LogP contribution in [0.3, 0.4) is 0 Å². The molecule has 38 heavy (non-hydrogen) atoms. The first-order valence-electron chi connectivity index (χ1n) is 12.3. The Bertz CT molecular complexity index is 1690. The van der Waals surface area contributed by atoms with Gasteiger partial charge in [-0.05, 0) is 107 Å². The van der Waals surface area contributed by atoms with E-state index in [1.165, 1.54) is 0 Å². The molecule has 1 aliphatic rings. The number of hydrogen-bond acceptors (Lipinski definition) is 4. The number of phenols is 4. The SMILES string of the molecule is Cc1ccc2c(c1C#Cc1ccc(O)cc1)C(c1ccc(O)cc1)(c1ccc(O)cc1)c1cc(O)ccc1-2. The summed E-state index contributed by atoms with van der Waals surface area (Å²) < 4.78 is 0. The maximum Gasteiger partial charge on any atom is 0.115 e. The van der Waals surface area contributed by atoms with Crippen LogP contribution in [0.25, 0.3) is 11.1 Å². The van der Waals surface area contributed by atoms with Crippen LogP contribution < -0.4 is 0 Å². The number of aromatic hydroxyl groups is 4. The third-order valence-corrected chi connectivity index (χ3v) is 7.29. The summed E-state index contributed by atoms with van der Waals surface area (Å²) in [6.45, 7) is 2.03. The van der Waals surface area contributed by atoms with Gasteiger partial charge in [0.1, 0.15) is 23.0 Å². The monoisotopic (exact) mass is 496 g/mol. The zero-order chi connectivity index (χ0) is 26.4. The Morgan fingerprint density at radius 2 is 1.03 bits per heavy atom. The van der Waals surface area contributed by atoms with E-state index in [0.717, 1.165) is 50.1 Å². The molecule has 0 saturated heterocycles. The lowest BCUT2D eigenvalue weighted by atomic mass is 9.66. The summed E-state index contributed by atoms with van der Waals surface area (Å²) in [4.78, 5) is 0. The fourth-order valence-electron chi connectivity index (χ4n) is 5.56. The summed E-state index contributed by atoms with van der Waals surface area (Å²) >= 11 is 0. The molecule has 4 heteroatoms. The Morgan fingerprint density at radius 3 is 1.61 bits per heavy atom. The lowest BCUT2D eigenvalue weighted by molar-refractivity contribution is 0.472. The molecule has 5 aromatic carbocycles. The van der Waals surface area contributed by atoms with Crippen LogP contribution >= 0.6 is 0 Å². The lowest BCUT2D eigenvalue weighted by Gasteiger charge is -2.35. The largest absolute Gasteiger partial charge is 0.508 e. The molecule has 0 saturated carbocycles.